The molecular formula is C15H24O. The van der Waals surface area contributed by atoms with Crippen LogP contribution >= 0.6 is 0 Å². The van der Waals surface area contributed by atoms with Gasteiger partial charge in [0.05, 0.1) is 6.10 Å². The molecule has 0 spiro atoms. The van der Waals surface area contributed by atoms with E-state index in [2.05, 4.69) is 45.9 Å². The summed E-state index contributed by atoms with van der Waals surface area (Å²) in [6.45, 7) is 8.53. The average molecular weight is 220 g/mol. The molecule has 90 valence electrons. The second-order valence-electron chi connectivity index (χ2n) is 4.97. The lowest BCUT2D eigenvalue weighted by Crippen LogP contribution is -2.20. The number of aliphatic hydroxyl groups is 1. The standard InChI is InChI=1S/C15H24O/c1-5-6-13(4)15(16)10-14-9-11(2)7-8-12(14)3/h7-9,13,15-16H,5-6,10H2,1-4H3. The fraction of sp³-hybridized carbons (Fsp3) is 0.600. The van der Waals surface area contributed by atoms with Gasteiger partial charge >= 0.3 is 0 Å². The minimum atomic E-state index is -0.208. The summed E-state index contributed by atoms with van der Waals surface area (Å²) in [6.07, 6.45) is 2.83. The Hall–Kier alpha value is -0.820. The SMILES string of the molecule is CCCC(C)C(O)Cc1cc(C)ccc1C. The second-order valence-corrected chi connectivity index (χ2v) is 4.97. The minimum absolute atomic E-state index is 0.208. The lowest BCUT2D eigenvalue weighted by molar-refractivity contribution is 0.111. The maximum Gasteiger partial charge on any atom is 0.0606 e. The van der Waals surface area contributed by atoms with Gasteiger partial charge in [0.1, 0.15) is 0 Å². The van der Waals surface area contributed by atoms with E-state index < -0.39 is 0 Å². The van der Waals surface area contributed by atoms with E-state index in [1.54, 1.807) is 0 Å². The van der Waals surface area contributed by atoms with Crippen molar-refractivity contribution in [2.45, 2.75) is 53.1 Å². The molecule has 1 rings (SSSR count). The van der Waals surface area contributed by atoms with Crippen LogP contribution in [0.5, 0.6) is 0 Å². The zero-order chi connectivity index (χ0) is 12.1. The Balaban J connectivity index is 2.68. The van der Waals surface area contributed by atoms with Gasteiger partial charge in [-0.15, -0.1) is 0 Å². The largest absolute Gasteiger partial charge is 0.393 e. The molecule has 0 fully saturated rings. The summed E-state index contributed by atoms with van der Waals surface area (Å²) in [5.41, 5.74) is 3.85. The first-order valence-electron chi connectivity index (χ1n) is 6.28. The number of rotatable bonds is 5. The number of hydrogen-bond donors (Lipinski definition) is 1. The van der Waals surface area contributed by atoms with Gasteiger partial charge in [0.15, 0.2) is 0 Å². The van der Waals surface area contributed by atoms with Gasteiger partial charge in [0.25, 0.3) is 0 Å². The van der Waals surface area contributed by atoms with Gasteiger partial charge in [-0.3, -0.25) is 0 Å². The molecule has 0 saturated carbocycles. The first-order chi connectivity index (χ1) is 7.54. The number of benzene rings is 1. The molecule has 0 aromatic heterocycles. The Labute approximate surface area is 99.5 Å². The van der Waals surface area contributed by atoms with Crippen LogP contribution in [-0.4, -0.2) is 11.2 Å². The quantitative estimate of drug-likeness (QED) is 0.803. The molecular weight excluding hydrogens is 196 g/mol. The number of hydrogen-bond acceptors (Lipinski definition) is 1. The summed E-state index contributed by atoms with van der Waals surface area (Å²) < 4.78 is 0. The van der Waals surface area contributed by atoms with Gasteiger partial charge in [0.2, 0.25) is 0 Å². The van der Waals surface area contributed by atoms with Crippen LogP contribution in [0.25, 0.3) is 0 Å². The zero-order valence-corrected chi connectivity index (χ0v) is 11.0. The van der Waals surface area contributed by atoms with E-state index in [0.717, 1.165) is 19.3 Å². The van der Waals surface area contributed by atoms with Crippen molar-refractivity contribution in [3.05, 3.63) is 34.9 Å². The highest BCUT2D eigenvalue weighted by atomic mass is 16.3. The maximum absolute atomic E-state index is 10.1. The third kappa shape index (κ3) is 3.64. The van der Waals surface area contributed by atoms with E-state index in [1.807, 2.05) is 0 Å². The Kier molecular flexibility index (Phi) is 5.01. The summed E-state index contributed by atoms with van der Waals surface area (Å²) in [5, 5.41) is 10.1. The van der Waals surface area contributed by atoms with Crippen molar-refractivity contribution in [3.8, 4) is 0 Å². The van der Waals surface area contributed by atoms with Crippen LogP contribution in [0.3, 0.4) is 0 Å². The first kappa shape index (κ1) is 13.2. The van der Waals surface area contributed by atoms with Gasteiger partial charge in [-0.1, -0.05) is 44.0 Å². The average Bonchev–Trinajstić information content (AvgIpc) is 2.23. The molecule has 16 heavy (non-hydrogen) atoms. The Morgan fingerprint density at radius 3 is 2.56 bits per heavy atom. The maximum atomic E-state index is 10.1. The van der Waals surface area contributed by atoms with E-state index in [9.17, 15) is 5.11 Å². The molecule has 0 bridgehead atoms. The Morgan fingerprint density at radius 1 is 1.25 bits per heavy atom. The molecule has 2 atom stereocenters. The van der Waals surface area contributed by atoms with Gasteiger partial charge in [-0.05, 0) is 43.7 Å². The zero-order valence-electron chi connectivity index (χ0n) is 11.0. The molecule has 0 saturated heterocycles. The van der Waals surface area contributed by atoms with E-state index in [4.69, 9.17) is 0 Å². The molecule has 0 aliphatic rings. The predicted molar refractivity (Wildman–Crippen MR) is 69.7 cm³/mol. The Morgan fingerprint density at radius 2 is 1.94 bits per heavy atom. The molecule has 0 radical (unpaired) electrons. The summed E-state index contributed by atoms with van der Waals surface area (Å²) >= 11 is 0. The molecule has 1 N–H and O–H groups in total. The highest BCUT2D eigenvalue weighted by molar-refractivity contribution is 5.30. The lowest BCUT2D eigenvalue weighted by Gasteiger charge is -2.19. The van der Waals surface area contributed by atoms with Crippen LogP contribution in [0, 0.1) is 19.8 Å². The summed E-state index contributed by atoms with van der Waals surface area (Å²) in [5.74, 6) is 0.393. The van der Waals surface area contributed by atoms with E-state index in [0.29, 0.717) is 5.92 Å². The minimum Gasteiger partial charge on any atom is -0.393 e. The van der Waals surface area contributed by atoms with Crippen LogP contribution in [0.4, 0.5) is 0 Å². The molecule has 2 unspecified atom stereocenters. The Bertz CT molecular complexity index is 330. The van der Waals surface area contributed by atoms with Crippen molar-refractivity contribution in [3.63, 3.8) is 0 Å². The normalized spacial score (nSPS) is 14.8. The topological polar surface area (TPSA) is 20.2 Å². The third-order valence-corrected chi connectivity index (χ3v) is 3.33. The van der Waals surface area contributed by atoms with Crippen LogP contribution in [0.15, 0.2) is 18.2 Å². The van der Waals surface area contributed by atoms with Crippen LogP contribution in [-0.2, 0) is 6.42 Å². The van der Waals surface area contributed by atoms with Crippen LogP contribution < -0.4 is 0 Å². The van der Waals surface area contributed by atoms with Crippen LogP contribution in [0.1, 0.15) is 43.4 Å². The van der Waals surface area contributed by atoms with Gasteiger partial charge in [-0.2, -0.15) is 0 Å². The molecule has 0 amide bonds. The van der Waals surface area contributed by atoms with E-state index in [1.165, 1.54) is 16.7 Å². The summed E-state index contributed by atoms with van der Waals surface area (Å²) in [7, 11) is 0. The lowest BCUT2D eigenvalue weighted by atomic mass is 9.92. The van der Waals surface area contributed by atoms with E-state index >= 15 is 0 Å². The van der Waals surface area contributed by atoms with E-state index in [-0.39, 0.29) is 6.10 Å². The smallest absolute Gasteiger partial charge is 0.0606 e. The van der Waals surface area contributed by atoms with Gasteiger partial charge in [0, 0.05) is 0 Å². The van der Waals surface area contributed by atoms with Gasteiger partial charge in [-0.25, -0.2) is 0 Å². The molecule has 0 aliphatic heterocycles. The molecule has 1 heteroatoms. The highest BCUT2D eigenvalue weighted by Crippen LogP contribution is 2.18. The monoisotopic (exact) mass is 220 g/mol. The van der Waals surface area contributed by atoms with Crippen molar-refractivity contribution in [1.29, 1.82) is 0 Å². The number of aryl methyl sites for hydroxylation is 2. The number of aliphatic hydroxyl groups excluding tert-OH is 1. The first-order valence-corrected chi connectivity index (χ1v) is 6.28. The molecule has 0 aliphatic carbocycles. The van der Waals surface area contributed by atoms with Gasteiger partial charge < -0.3 is 5.11 Å². The van der Waals surface area contributed by atoms with Crippen molar-refractivity contribution < 1.29 is 5.11 Å². The van der Waals surface area contributed by atoms with Crippen molar-refractivity contribution >= 4 is 0 Å². The van der Waals surface area contributed by atoms with Crippen molar-refractivity contribution in [2.24, 2.45) is 5.92 Å². The summed E-state index contributed by atoms with van der Waals surface area (Å²) in [4.78, 5) is 0. The molecule has 1 aromatic rings. The predicted octanol–water partition coefficient (Wildman–Crippen LogP) is 3.64. The van der Waals surface area contributed by atoms with Crippen LogP contribution in [0.2, 0.25) is 0 Å². The third-order valence-electron chi connectivity index (χ3n) is 3.33. The fourth-order valence-corrected chi connectivity index (χ4v) is 2.09. The fourth-order valence-electron chi connectivity index (χ4n) is 2.09. The molecule has 1 nitrogen and oxygen atoms in total. The highest BCUT2D eigenvalue weighted by Gasteiger charge is 2.14. The summed E-state index contributed by atoms with van der Waals surface area (Å²) in [6, 6.07) is 6.46. The molecule has 1 aromatic carbocycles. The second kappa shape index (κ2) is 6.05. The van der Waals surface area contributed by atoms with Crippen molar-refractivity contribution in [2.75, 3.05) is 0 Å². The molecule has 0 heterocycles. The van der Waals surface area contributed by atoms with Crippen molar-refractivity contribution in [1.82, 2.24) is 0 Å².